The molecule has 1 aliphatic carbocycles. The molecule has 1 saturated carbocycles. The zero-order valence-corrected chi connectivity index (χ0v) is 9.59. The molecule has 0 spiro atoms. The van der Waals surface area contributed by atoms with Crippen LogP contribution in [-0.4, -0.2) is 30.3 Å². The minimum atomic E-state index is 0.324. The van der Waals surface area contributed by atoms with Crippen LogP contribution in [0.5, 0.6) is 0 Å². The normalized spacial score (nSPS) is 17.1. The molecule has 0 radical (unpaired) electrons. The van der Waals surface area contributed by atoms with E-state index >= 15 is 0 Å². The molecule has 1 rings (SSSR count). The topological polar surface area (TPSA) is 20.3 Å². The summed E-state index contributed by atoms with van der Waals surface area (Å²) < 4.78 is 0. The first-order valence-corrected chi connectivity index (χ1v) is 5.94. The zero-order chi connectivity index (χ0) is 10.4. The Morgan fingerprint density at radius 1 is 1.43 bits per heavy atom. The van der Waals surface area contributed by atoms with Crippen molar-refractivity contribution in [3.8, 4) is 0 Å². The molecule has 0 saturated heterocycles. The van der Waals surface area contributed by atoms with Crippen molar-refractivity contribution in [2.45, 2.75) is 46.0 Å². The molecule has 0 aliphatic heterocycles. The van der Waals surface area contributed by atoms with E-state index in [1.165, 1.54) is 25.8 Å². The molecular weight excluding hydrogens is 174 g/mol. The Bertz CT molecular complexity index is 175. The van der Waals surface area contributed by atoms with Crippen molar-refractivity contribution in [2.75, 3.05) is 19.6 Å². The standard InChI is InChI=1S/C12H23NO/c1-3-13(9-5-6-11(2)14)10-12-7-4-8-12/h12H,3-10H2,1-2H3. The van der Waals surface area contributed by atoms with E-state index in [1.807, 2.05) is 0 Å². The van der Waals surface area contributed by atoms with Crippen LogP contribution in [0, 0.1) is 5.92 Å². The van der Waals surface area contributed by atoms with E-state index in [0.29, 0.717) is 5.78 Å². The summed E-state index contributed by atoms with van der Waals surface area (Å²) in [6.45, 7) is 7.39. The molecule has 0 unspecified atom stereocenters. The van der Waals surface area contributed by atoms with Gasteiger partial charge in [0.2, 0.25) is 0 Å². The maximum Gasteiger partial charge on any atom is 0.129 e. The Kier molecular flexibility index (Phi) is 5.16. The molecule has 82 valence electrons. The highest BCUT2D eigenvalue weighted by Gasteiger charge is 2.19. The van der Waals surface area contributed by atoms with Gasteiger partial charge in [0.25, 0.3) is 0 Å². The predicted molar refractivity (Wildman–Crippen MR) is 59.4 cm³/mol. The largest absolute Gasteiger partial charge is 0.303 e. The van der Waals surface area contributed by atoms with Crippen LogP contribution in [0.4, 0.5) is 0 Å². The van der Waals surface area contributed by atoms with Crippen LogP contribution in [0.1, 0.15) is 46.0 Å². The second-order valence-electron chi connectivity index (χ2n) is 4.50. The van der Waals surface area contributed by atoms with Gasteiger partial charge in [0.05, 0.1) is 0 Å². The van der Waals surface area contributed by atoms with Crippen LogP contribution in [0.2, 0.25) is 0 Å². The monoisotopic (exact) mass is 197 g/mol. The molecule has 0 atom stereocenters. The molecule has 0 aromatic carbocycles. The fourth-order valence-corrected chi connectivity index (χ4v) is 1.97. The van der Waals surface area contributed by atoms with Gasteiger partial charge in [-0.3, -0.25) is 0 Å². The summed E-state index contributed by atoms with van der Waals surface area (Å²) in [5, 5.41) is 0. The molecule has 0 heterocycles. The smallest absolute Gasteiger partial charge is 0.129 e. The Balaban J connectivity index is 2.07. The van der Waals surface area contributed by atoms with Gasteiger partial charge in [-0.05, 0) is 45.2 Å². The third-order valence-electron chi connectivity index (χ3n) is 3.19. The Labute approximate surface area is 87.7 Å². The Morgan fingerprint density at radius 3 is 2.57 bits per heavy atom. The van der Waals surface area contributed by atoms with E-state index in [-0.39, 0.29) is 0 Å². The third-order valence-corrected chi connectivity index (χ3v) is 3.19. The van der Waals surface area contributed by atoms with Crippen LogP contribution in [0.25, 0.3) is 0 Å². The summed E-state index contributed by atoms with van der Waals surface area (Å²) in [5.74, 6) is 1.27. The lowest BCUT2D eigenvalue weighted by molar-refractivity contribution is -0.117. The minimum absolute atomic E-state index is 0.324. The second-order valence-corrected chi connectivity index (χ2v) is 4.50. The lowest BCUT2D eigenvalue weighted by Gasteiger charge is -2.31. The number of rotatable bonds is 7. The highest BCUT2D eigenvalue weighted by molar-refractivity contribution is 5.75. The molecular formula is C12H23NO. The summed E-state index contributed by atoms with van der Waals surface area (Å²) in [7, 11) is 0. The quantitative estimate of drug-likeness (QED) is 0.625. The average Bonchev–Trinajstić information content (AvgIpc) is 2.07. The second kappa shape index (κ2) is 6.18. The molecule has 2 nitrogen and oxygen atoms in total. The van der Waals surface area contributed by atoms with Gasteiger partial charge in [-0.15, -0.1) is 0 Å². The van der Waals surface area contributed by atoms with Crippen LogP contribution >= 0.6 is 0 Å². The average molecular weight is 197 g/mol. The summed E-state index contributed by atoms with van der Waals surface area (Å²) in [6, 6.07) is 0. The van der Waals surface area contributed by atoms with Gasteiger partial charge in [-0.1, -0.05) is 13.3 Å². The van der Waals surface area contributed by atoms with Gasteiger partial charge in [-0.25, -0.2) is 0 Å². The van der Waals surface area contributed by atoms with Crippen molar-refractivity contribution < 1.29 is 4.79 Å². The molecule has 0 amide bonds. The number of carbonyl (C=O) groups is 1. The van der Waals surface area contributed by atoms with Gasteiger partial charge in [0, 0.05) is 13.0 Å². The maximum atomic E-state index is 10.8. The van der Waals surface area contributed by atoms with Crippen molar-refractivity contribution in [3.05, 3.63) is 0 Å². The van der Waals surface area contributed by atoms with Crippen molar-refractivity contribution in [2.24, 2.45) is 5.92 Å². The lowest BCUT2D eigenvalue weighted by atomic mass is 9.85. The van der Waals surface area contributed by atoms with Gasteiger partial charge < -0.3 is 9.69 Å². The number of nitrogens with zero attached hydrogens (tertiary/aromatic N) is 1. The summed E-state index contributed by atoms with van der Waals surface area (Å²) in [6.07, 6.45) is 6.05. The van der Waals surface area contributed by atoms with Crippen molar-refractivity contribution in [1.82, 2.24) is 4.90 Å². The molecule has 0 aromatic heterocycles. The lowest BCUT2D eigenvalue weighted by Crippen LogP contribution is -2.33. The van der Waals surface area contributed by atoms with Gasteiger partial charge >= 0.3 is 0 Å². The van der Waals surface area contributed by atoms with E-state index in [9.17, 15) is 4.79 Å². The molecule has 1 fully saturated rings. The van der Waals surface area contributed by atoms with Crippen LogP contribution in [-0.2, 0) is 4.79 Å². The minimum Gasteiger partial charge on any atom is -0.303 e. The predicted octanol–water partition coefficient (Wildman–Crippen LogP) is 2.48. The number of carbonyl (C=O) groups excluding carboxylic acids is 1. The first-order chi connectivity index (χ1) is 6.72. The van der Waals surface area contributed by atoms with E-state index in [4.69, 9.17) is 0 Å². The fraction of sp³-hybridized carbons (Fsp3) is 0.917. The van der Waals surface area contributed by atoms with Crippen LogP contribution in [0.3, 0.4) is 0 Å². The van der Waals surface area contributed by atoms with E-state index < -0.39 is 0 Å². The Morgan fingerprint density at radius 2 is 2.14 bits per heavy atom. The molecule has 0 bridgehead atoms. The van der Waals surface area contributed by atoms with E-state index in [2.05, 4.69) is 11.8 Å². The molecule has 1 aliphatic rings. The van der Waals surface area contributed by atoms with Crippen molar-refractivity contribution >= 4 is 5.78 Å². The van der Waals surface area contributed by atoms with E-state index in [0.717, 1.165) is 31.8 Å². The molecule has 14 heavy (non-hydrogen) atoms. The number of hydrogen-bond acceptors (Lipinski definition) is 2. The summed E-state index contributed by atoms with van der Waals surface area (Å²) >= 11 is 0. The van der Waals surface area contributed by atoms with E-state index in [1.54, 1.807) is 6.92 Å². The maximum absolute atomic E-state index is 10.8. The summed E-state index contributed by atoms with van der Waals surface area (Å²) in [5.41, 5.74) is 0. The molecule has 0 aromatic rings. The van der Waals surface area contributed by atoms with Crippen LogP contribution in [0.15, 0.2) is 0 Å². The van der Waals surface area contributed by atoms with Crippen LogP contribution < -0.4 is 0 Å². The summed E-state index contributed by atoms with van der Waals surface area (Å²) in [4.78, 5) is 13.3. The van der Waals surface area contributed by atoms with Gasteiger partial charge in [0.15, 0.2) is 0 Å². The fourth-order valence-electron chi connectivity index (χ4n) is 1.97. The Hall–Kier alpha value is -0.370. The number of hydrogen-bond donors (Lipinski definition) is 0. The van der Waals surface area contributed by atoms with Crippen molar-refractivity contribution in [3.63, 3.8) is 0 Å². The van der Waals surface area contributed by atoms with Gasteiger partial charge in [0.1, 0.15) is 5.78 Å². The molecule has 2 heteroatoms. The number of Topliss-reactive ketones (excluding diaryl/α,β-unsaturated/α-hetero) is 1. The molecule has 0 N–H and O–H groups in total. The first kappa shape index (κ1) is 11.7. The highest BCUT2D eigenvalue weighted by Crippen LogP contribution is 2.27. The highest BCUT2D eigenvalue weighted by atomic mass is 16.1. The SMILES string of the molecule is CCN(CCCC(C)=O)CC1CCC1. The zero-order valence-electron chi connectivity index (χ0n) is 9.59. The van der Waals surface area contributed by atoms with Crippen molar-refractivity contribution in [1.29, 1.82) is 0 Å². The number of ketones is 1. The first-order valence-electron chi connectivity index (χ1n) is 5.94. The van der Waals surface area contributed by atoms with Gasteiger partial charge in [-0.2, -0.15) is 0 Å². The third kappa shape index (κ3) is 4.23.